The summed E-state index contributed by atoms with van der Waals surface area (Å²) in [5.74, 6) is 0.383. The summed E-state index contributed by atoms with van der Waals surface area (Å²) in [4.78, 5) is 18.0. The van der Waals surface area contributed by atoms with Crippen molar-refractivity contribution in [2.45, 2.75) is 19.4 Å². The third-order valence-corrected chi connectivity index (χ3v) is 5.04. The average molecular weight is 349 g/mol. The maximum atomic E-state index is 12.0. The van der Waals surface area contributed by atoms with E-state index >= 15 is 0 Å². The van der Waals surface area contributed by atoms with Gasteiger partial charge in [0.25, 0.3) is 5.91 Å². The zero-order valence-electron chi connectivity index (χ0n) is 14.7. The highest BCUT2D eigenvalue weighted by molar-refractivity contribution is 5.91. The Morgan fingerprint density at radius 2 is 2.04 bits per heavy atom. The molecule has 0 radical (unpaired) electrons. The third kappa shape index (κ3) is 3.91. The highest BCUT2D eigenvalue weighted by atomic mass is 16.1. The van der Waals surface area contributed by atoms with Gasteiger partial charge in [-0.3, -0.25) is 9.69 Å². The summed E-state index contributed by atoms with van der Waals surface area (Å²) < 4.78 is 0. The Bertz CT molecular complexity index is 835. The number of piperidine rings is 1. The van der Waals surface area contributed by atoms with Crippen LogP contribution in [0.1, 0.15) is 29.0 Å². The van der Waals surface area contributed by atoms with Crippen LogP contribution in [0.5, 0.6) is 0 Å². The zero-order chi connectivity index (χ0) is 17.8. The topological polar surface area (TPSA) is 73.9 Å². The highest BCUT2D eigenvalue weighted by Gasteiger charge is 2.20. The van der Waals surface area contributed by atoms with Crippen LogP contribution in [0.2, 0.25) is 0 Å². The van der Waals surface area contributed by atoms with Gasteiger partial charge in [-0.2, -0.15) is 5.10 Å². The van der Waals surface area contributed by atoms with Gasteiger partial charge in [-0.05, 0) is 61.5 Å². The number of amides is 1. The lowest BCUT2D eigenvalue weighted by Crippen LogP contribution is -2.38. The lowest BCUT2D eigenvalue weighted by atomic mass is 9.96. The fourth-order valence-corrected chi connectivity index (χ4v) is 3.56. The van der Waals surface area contributed by atoms with E-state index in [1.54, 1.807) is 18.3 Å². The molecule has 0 atom stereocenters. The summed E-state index contributed by atoms with van der Waals surface area (Å²) in [6.07, 6.45) is 3.77. The third-order valence-electron chi connectivity index (χ3n) is 5.04. The van der Waals surface area contributed by atoms with Crippen LogP contribution in [-0.2, 0) is 6.54 Å². The van der Waals surface area contributed by atoms with Gasteiger partial charge in [0.2, 0.25) is 0 Å². The van der Waals surface area contributed by atoms with Gasteiger partial charge in [0.1, 0.15) is 0 Å². The largest absolute Gasteiger partial charge is 0.357 e. The first-order valence-electron chi connectivity index (χ1n) is 9.13. The molecule has 6 nitrogen and oxygen atoms in total. The van der Waals surface area contributed by atoms with Crippen LogP contribution in [0.25, 0.3) is 10.9 Å². The molecule has 1 aliphatic rings. The van der Waals surface area contributed by atoms with E-state index in [1.807, 2.05) is 0 Å². The second-order valence-corrected chi connectivity index (χ2v) is 6.92. The summed E-state index contributed by atoms with van der Waals surface area (Å²) in [7, 11) is 0. The number of carbonyl (C=O) groups is 1. The molecule has 1 aliphatic heterocycles. The molecule has 26 heavy (non-hydrogen) atoms. The summed E-state index contributed by atoms with van der Waals surface area (Å²) in [5, 5.41) is 11.8. The molecule has 0 aliphatic carbocycles. The van der Waals surface area contributed by atoms with E-state index < -0.39 is 0 Å². The number of hydrogen-bond acceptors (Lipinski definition) is 4. The molecule has 3 aromatic rings. The Labute approximate surface area is 152 Å². The minimum absolute atomic E-state index is 0.140. The Balaban J connectivity index is 1.24. The smallest absolute Gasteiger partial charge is 0.271 e. The Morgan fingerprint density at radius 3 is 2.81 bits per heavy atom. The molecule has 1 saturated heterocycles. The summed E-state index contributed by atoms with van der Waals surface area (Å²) in [6, 6.07) is 14.0. The van der Waals surface area contributed by atoms with Crippen molar-refractivity contribution in [2.24, 2.45) is 5.92 Å². The number of aromatic nitrogens is 3. The summed E-state index contributed by atoms with van der Waals surface area (Å²) in [6.45, 7) is 3.77. The monoisotopic (exact) mass is 349 g/mol. The van der Waals surface area contributed by atoms with Crippen LogP contribution < -0.4 is 5.32 Å². The fraction of sp³-hybridized carbons (Fsp3) is 0.350. The van der Waals surface area contributed by atoms with Crippen LogP contribution in [0.3, 0.4) is 0 Å². The molecule has 3 heterocycles. The number of rotatable bonds is 5. The van der Waals surface area contributed by atoms with Crippen molar-refractivity contribution in [3.63, 3.8) is 0 Å². The van der Waals surface area contributed by atoms with Gasteiger partial charge >= 0.3 is 0 Å². The molecular weight excluding hydrogens is 326 g/mol. The normalized spacial score (nSPS) is 16.0. The fourth-order valence-electron chi connectivity index (χ4n) is 3.56. The Morgan fingerprint density at radius 1 is 1.19 bits per heavy atom. The minimum Gasteiger partial charge on any atom is -0.357 e. The molecule has 4 rings (SSSR count). The lowest BCUT2D eigenvalue weighted by Gasteiger charge is -2.31. The predicted molar refractivity (Wildman–Crippen MR) is 101 cm³/mol. The van der Waals surface area contributed by atoms with Gasteiger partial charge < -0.3 is 10.3 Å². The predicted octanol–water partition coefficient (Wildman–Crippen LogP) is 2.60. The number of nitrogens with one attached hydrogen (secondary N) is 2. The van der Waals surface area contributed by atoms with Crippen molar-refractivity contribution in [1.82, 2.24) is 25.4 Å². The quantitative estimate of drug-likeness (QED) is 0.742. The van der Waals surface area contributed by atoms with Gasteiger partial charge in [-0.25, -0.2) is 0 Å². The van der Waals surface area contributed by atoms with Gasteiger partial charge in [0, 0.05) is 30.5 Å². The maximum absolute atomic E-state index is 12.0. The Hall–Kier alpha value is -2.73. The highest BCUT2D eigenvalue weighted by Crippen LogP contribution is 2.20. The molecule has 0 bridgehead atoms. The van der Waals surface area contributed by atoms with Gasteiger partial charge in [0.05, 0.1) is 0 Å². The van der Waals surface area contributed by atoms with Crippen molar-refractivity contribution >= 4 is 16.8 Å². The van der Waals surface area contributed by atoms with Crippen molar-refractivity contribution in [2.75, 3.05) is 19.6 Å². The van der Waals surface area contributed by atoms with Crippen LogP contribution in [0.15, 0.2) is 48.7 Å². The van der Waals surface area contributed by atoms with Crippen molar-refractivity contribution in [1.29, 1.82) is 0 Å². The number of carbonyl (C=O) groups excluding carboxylic acids is 1. The van der Waals surface area contributed by atoms with Crippen LogP contribution >= 0.6 is 0 Å². The van der Waals surface area contributed by atoms with Crippen LogP contribution in [0.4, 0.5) is 0 Å². The number of benzene rings is 1. The molecule has 1 fully saturated rings. The van der Waals surface area contributed by atoms with E-state index in [1.165, 1.54) is 16.6 Å². The van der Waals surface area contributed by atoms with Gasteiger partial charge in [-0.15, -0.1) is 5.10 Å². The first-order valence-corrected chi connectivity index (χ1v) is 9.13. The number of likely N-dealkylation sites (tertiary alicyclic amines) is 1. The molecule has 6 heteroatoms. The van der Waals surface area contributed by atoms with Gasteiger partial charge in [-0.1, -0.05) is 18.2 Å². The number of H-pyrrole nitrogens is 1. The summed E-state index contributed by atoms with van der Waals surface area (Å²) in [5.41, 5.74) is 2.84. The number of aromatic amines is 1. The SMILES string of the molecule is O=C(NCC1CCN(Cc2cc3ccccc3[nH]2)CC1)c1cccnn1. The lowest BCUT2D eigenvalue weighted by molar-refractivity contribution is 0.0929. The molecule has 1 aromatic carbocycles. The molecule has 2 aromatic heterocycles. The van der Waals surface area contributed by atoms with E-state index in [0.29, 0.717) is 18.2 Å². The minimum atomic E-state index is -0.140. The average Bonchev–Trinajstić information content (AvgIpc) is 3.10. The van der Waals surface area contributed by atoms with E-state index in [9.17, 15) is 4.79 Å². The van der Waals surface area contributed by atoms with E-state index in [4.69, 9.17) is 0 Å². The number of fused-ring (bicyclic) bond motifs is 1. The molecular formula is C20H23N5O. The van der Waals surface area contributed by atoms with Crippen molar-refractivity contribution < 1.29 is 4.79 Å². The summed E-state index contributed by atoms with van der Waals surface area (Å²) >= 11 is 0. The number of nitrogens with zero attached hydrogens (tertiary/aromatic N) is 3. The van der Waals surface area contributed by atoms with Gasteiger partial charge in [0.15, 0.2) is 5.69 Å². The number of para-hydroxylation sites is 1. The van der Waals surface area contributed by atoms with E-state index in [0.717, 1.165) is 32.5 Å². The molecule has 1 amide bonds. The molecule has 0 spiro atoms. The first kappa shape index (κ1) is 16.7. The van der Waals surface area contributed by atoms with Crippen LogP contribution in [0, 0.1) is 5.92 Å². The second kappa shape index (κ2) is 7.66. The van der Waals surface area contributed by atoms with E-state index in [2.05, 4.69) is 55.7 Å². The molecule has 0 unspecified atom stereocenters. The second-order valence-electron chi connectivity index (χ2n) is 6.92. The first-order chi connectivity index (χ1) is 12.8. The Kier molecular flexibility index (Phi) is 4.93. The standard InChI is InChI=1S/C20H23N5O/c26-20(19-6-3-9-22-24-19)21-13-15-7-10-25(11-8-15)14-17-12-16-4-1-2-5-18(16)23-17/h1-6,9,12,15,23H,7-8,10-11,13-14H2,(H,21,26). The number of hydrogen-bond donors (Lipinski definition) is 2. The van der Waals surface area contributed by atoms with Crippen molar-refractivity contribution in [3.05, 3.63) is 60.0 Å². The van der Waals surface area contributed by atoms with Crippen LogP contribution in [-0.4, -0.2) is 45.6 Å². The van der Waals surface area contributed by atoms with Crippen molar-refractivity contribution in [3.8, 4) is 0 Å². The van der Waals surface area contributed by atoms with E-state index in [-0.39, 0.29) is 5.91 Å². The molecule has 2 N–H and O–H groups in total. The molecule has 0 saturated carbocycles. The zero-order valence-corrected chi connectivity index (χ0v) is 14.7. The molecule has 134 valence electrons. The maximum Gasteiger partial charge on any atom is 0.271 e.